The molecular formula is C9H13NO4S. The average molecular weight is 231 g/mol. The number of carbonyl (C=O) groups is 1. The Morgan fingerprint density at radius 1 is 1.60 bits per heavy atom. The Balaban J connectivity index is 2.99. The summed E-state index contributed by atoms with van der Waals surface area (Å²) in [5, 5.41) is 27.7. The third kappa shape index (κ3) is 2.54. The van der Waals surface area contributed by atoms with Crippen LogP contribution in [0.25, 0.3) is 0 Å². The van der Waals surface area contributed by atoms with E-state index in [-0.39, 0.29) is 11.4 Å². The lowest BCUT2D eigenvalue weighted by Gasteiger charge is -2.15. The van der Waals surface area contributed by atoms with E-state index in [1.54, 1.807) is 6.92 Å². The van der Waals surface area contributed by atoms with Crippen molar-refractivity contribution in [2.24, 2.45) is 5.73 Å². The lowest BCUT2D eigenvalue weighted by molar-refractivity contribution is 0.0262. The summed E-state index contributed by atoms with van der Waals surface area (Å²) in [4.78, 5) is 11.3. The number of hydrogen-bond acceptors (Lipinski definition) is 5. The topological polar surface area (TPSA) is 104 Å². The van der Waals surface area contributed by atoms with E-state index in [0.29, 0.717) is 10.4 Å². The Morgan fingerprint density at radius 2 is 2.20 bits per heavy atom. The molecule has 0 fully saturated rings. The van der Waals surface area contributed by atoms with Crippen LogP contribution < -0.4 is 5.73 Å². The summed E-state index contributed by atoms with van der Waals surface area (Å²) in [7, 11) is 0. The molecule has 1 aromatic heterocycles. The largest absolute Gasteiger partial charge is 0.477 e. The highest BCUT2D eigenvalue weighted by molar-refractivity contribution is 7.14. The smallest absolute Gasteiger partial charge is 0.345 e. The molecule has 1 rings (SSSR count). The number of nitrogens with two attached hydrogens (primary N) is 1. The summed E-state index contributed by atoms with van der Waals surface area (Å²) < 4.78 is 0. The number of rotatable bonds is 4. The van der Waals surface area contributed by atoms with Crippen LogP contribution in [-0.2, 0) is 0 Å². The van der Waals surface area contributed by atoms with E-state index in [1.165, 1.54) is 6.07 Å². The minimum atomic E-state index is -1.12. The zero-order valence-electron chi connectivity index (χ0n) is 8.17. The summed E-state index contributed by atoms with van der Waals surface area (Å²) >= 11 is 0.954. The van der Waals surface area contributed by atoms with Crippen molar-refractivity contribution < 1.29 is 20.1 Å². The standard InChI is InChI=1S/C9H13NO4S/c1-4-2-6(9(13)14)15-8(4)7(12)5(11)3-10/h2,5,7,11-12H,3,10H2,1H3,(H,13,14). The maximum absolute atomic E-state index is 10.7. The summed E-state index contributed by atoms with van der Waals surface area (Å²) in [6.07, 6.45) is -2.18. The molecule has 0 aliphatic heterocycles. The van der Waals surface area contributed by atoms with Gasteiger partial charge >= 0.3 is 5.97 Å². The first kappa shape index (κ1) is 12.1. The molecule has 0 amide bonds. The van der Waals surface area contributed by atoms with Gasteiger partial charge in [-0.2, -0.15) is 0 Å². The van der Waals surface area contributed by atoms with Crippen LogP contribution in [0.2, 0.25) is 0 Å². The molecule has 5 nitrogen and oxygen atoms in total. The fourth-order valence-electron chi connectivity index (χ4n) is 1.20. The van der Waals surface area contributed by atoms with Gasteiger partial charge in [0, 0.05) is 11.4 Å². The average Bonchev–Trinajstić information content (AvgIpc) is 2.58. The molecule has 0 saturated heterocycles. The summed E-state index contributed by atoms with van der Waals surface area (Å²) in [5.74, 6) is -1.04. The first-order valence-electron chi connectivity index (χ1n) is 4.37. The van der Waals surface area contributed by atoms with Gasteiger partial charge in [0.25, 0.3) is 0 Å². The third-order valence-electron chi connectivity index (χ3n) is 2.04. The van der Waals surface area contributed by atoms with E-state index in [1.807, 2.05) is 0 Å². The predicted molar refractivity (Wildman–Crippen MR) is 56.0 cm³/mol. The van der Waals surface area contributed by atoms with Crippen molar-refractivity contribution in [2.45, 2.75) is 19.1 Å². The molecule has 5 N–H and O–H groups in total. The number of hydrogen-bond donors (Lipinski definition) is 4. The molecule has 84 valence electrons. The Hall–Kier alpha value is -0.950. The highest BCUT2D eigenvalue weighted by Gasteiger charge is 2.22. The SMILES string of the molecule is Cc1cc(C(=O)O)sc1C(O)C(O)CN. The van der Waals surface area contributed by atoms with Gasteiger partial charge in [-0.05, 0) is 18.6 Å². The van der Waals surface area contributed by atoms with Crippen molar-refractivity contribution in [1.29, 1.82) is 0 Å². The fraction of sp³-hybridized carbons (Fsp3) is 0.444. The fourth-order valence-corrected chi connectivity index (χ4v) is 2.26. The van der Waals surface area contributed by atoms with Crippen molar-refractivity contribution in [2.75, 3.05) is 6.54 Å². The van der Waals surface area contributed by atoms with Gasteiger partial charge in [0.15, 0.2) is 0 Å². The van der Waals surface area contributed by atoms with E-state index in [0.717, 1.165) is 11.3 Å². The number of carboxylic acid groups (broad SMARTS) is 1. The first-order chi connectivity index (χ1) is 6.97. The Labute approximate surface area is 90.8 Å². The molecule has 6 heteroatoms. The van der Waals surface area contributed by atoms with Crippen molar-refractivity contribution in [3.63, 3.8) is 0 Å². The van der Waals surface area contributed by atoms with Crippen LogP contribution in [0.5, 0.6) is 0 Å². The van der Waals surface area contributed by atoms with E-state index in [4.69, 9.17) is 10.8 Å². The second-order valence-electron chi connectivity index (χ2n) is 3.21. The monoisotopic (exact) mass is 231 g/mol. The van der Waals surface area contributed by atoms with Crippen molar-refractivity contribution >= 4 is 17.3 Å². The van der Waals surface area contributed by atoms with Crippen molar-refractivity contribution in [3.8, 4) is 0 Å². The number of aromatic carboxylic acids is 1. The van der Waals surface area contributed by atoms with Crippen LogP contribution in [0, 0.1) is 6.92 Å². The minimum absolute atomic E-state index is 0.0685. The lowest BCUT2D eigenvalue weighted by Crippen LogP contribution is -2.26. The number of aliphatic hydroxyl groups excluding tert-OH is 2. The second kappa shape index (κ2) is 4.71. The van der Waals surface area contributed by atoms with E-state index in [9.17, 15) is 15.0 Å². The van der Waals surface area contributed by atoms with Gasteiger partial charge < -0.3 is 21.1 Å². The molecule has 0 aliphatic rings. The Morgan fingerprint density at radius 3 is 2.60 bits per heavy atom. The predicted octanol–water partition coefficient (Wildman–Crippen LogP) is 0.108. The number of carboxylic acids is 1. The summed E-state index contributed by atoms with van der Waals surface area (Å²) in [6, 6.07) is 1.47. The Bertz CT molecular complexity index is 363. The van der Waals surface area contributed by atoms with E-state index in [2.05, 4.69) is 0 Å². The number of aryl methyl sites for hydroxylation is 1. The molecule has 0 bridgehead atoms. The molecule has 1 heterocycles. The van der Waals surface area contributed by atoms with E-state index >= 15 is 0 Å². The molecule has 0 radical (unpaired) electrons. The van der Waals surface area contributed by atoms with E-state index < -0.39 is 18.2 Å². The highest BCUT2D eigenvalue weighted by Crippen LogP contribution is 2.29. The molecule has 0 aliphatic carbocycles. The third-order valence-corrected chi connectivity index (χ3v) is 3.34. The minimum Gasteiger partial charge on any atom is -0.477 e. The van der Waals surface area contributed by atoms with Gasteiger partial charge in [-0.1, -0.05) is 0 Å². The van der Waals surface area contributed by atoms with Crippen LogP contribution in [-0.4, -0.2) is 33.9 Å². The van der Waals surface area contributed by atoms with Crippen LogP contribution in [0.15, 0.2) is 6.07 Å². The lowest BCUT2D eigenvalue weighted by atomic mass is 10.1. The van der Waals surface area contributed by atoms with Gasteiger partial charge in [-0.15, -0.1) is 11.3 Å². The maximum atomic E-state index is 10.7. The summed E-state index contributed by atoms with van der Waals surface area (Å²) in [5.41, 5.74) is 5.86. The van der Waals surface area contributed by atoms with Crippen LogP contribution in [0.4, 0.5) is 0 Å². The zero-order chi connectivity index (χ0) is 11.6. The van der Waals surface area contributed by atoms with Crippen LogP contribution in [0.3, 0.4) is 0 Å². The summed E-state index contributed by atoms with van der Waals surface area (Å²) in [6.45, 7) is 1.62. The first-order valence-corrected chi connectivity index (χ1v) is 5.18. The highest BCUT2D eigenvalue weighted by atomic mass is 32.1. The molecule has 2 unspecified atom stereocenters. The van der Waals surface area contributed by atoms with Crippen LogP contribution >= 0.6 is 11.3 Å². The van der Waals surface area contributed by atoms with Gasteiger partial charge in [0.2, 0.25) is 0 Å². The van der Waals surface area contributed by atoms with Crippen LogP contribution in [0.1, 0.15) is 26.2 Å². The second-order valence-corrected chi connectivity index (χ2v) is 4.29. The van der Waals surface area contributed by atoms with Gasteiger partial charge in [-0.3, -0.25) is 0 Å². The molecule has 1 aromatic rings. The molecule has 15 heavy (non-hydrogen) atoms. The Kier molecular flexibility index (Phi) is 3.81. The molecule has 0 aromatic carbocycles. The van der Waals surface area contributed by atoms with Crippen molar-refractivity contribution in [1.82, 2.24) is 0 Å². The van der Waals surface area contributed by atoms with Crippen molar-refractivity contribution in [3.05, 3.63) is 21.4 Å². The molecule has 0 saturated carbocycles. The molecule has 0 spiro atoms. The number of thiophene rings is 1. The molecule has 2 atom stereocenters. The van der Waals surface area contributed by atoms with Gasteiger partial charge in [0.05, 0.1) is 6.10 Å². The quantitative estimate of drug-likeness (QED) is 0.588. The normalized spacial score (nSPS) is 14.9. The maximum Gasteiger partial charge on any atom is 0.345 e. The zero-order valence-corrected chi connectivity index (χ0v) is 8.99. The molecular weight excluding hydrogens is 218 g/mol. The van der Waals surface area contributed by atoms with Gasteiger partial charge in [0.1, 0.15) is 11.0 Å². The number of aliphatic hydroxyl groups is 2. The van der Waals surface area contributed by atoms with Gasteiger partial charge in [-0.25, -0.2) is 4.79 Å².